The van der Waals surface area contributed by atoms with Crippen molar-refractivity contribution >= 4 is 17.6 Å². The lowest BCUT2D eigenvalue weighted by molar-refractivity contribution is -0.138. The first-order valence-electron chi connectivity index (χ1n) is 7.52. The monoisotopic (exact) mass is 397 g/mol. The molecule has 0 saturated heterocycles. The standard InChI is InChI=1S/C13H6ClF3O.C5H5NO3/c14-10-4-2-1-3-8(10)12-9(13(15,16)17)5-7-6-11(12)18-7;7-5(8)1-4-2-9-3-6-4/h1-6H;2-3H,1H2,(H,7,8). The smallest absolute Gasteiger partial charge is 0.417 e. The van der Waals surface area contributed by atoms with E-state index in [0.717, 1.165) is 6.07 Å². The normalized spacial score (nSPS) is 11.7. The van der Waals surface area contributed by atoms with E-state index < -0.39 is 17.7 Å². The van der Waals surface area contributed by atoms with Crippen LogP contribution >= 0.6 is 11.6 Å². The first kappa shape index (κ1) is 18.8. The van der Waals surface area contributed by atoms with Gasteiger partial charge in [-0.3, -0.25) is 4.79 Å². The van der Waals surface area contributed by atoms with Crippen molar-refractivity contribution in [2.24, 2.45) is 0 Å². The van der Waals surface area contributed by atoms with Gasteiger partial charge in [0.1, 0.15) is 17.8 Å². The zero-order chi connectivity index (χ0) is 19.6. The summed E-state index contributed by atoms with van der Waals surface area (Å²) in [4.78, 5) is 13.6. The maximum atomic E-state index is 13.0. The Kier molecular flexibility index (Phi) is 5.09. The van der Waals surface area contributed by atoms with Gasteiger partial charge >= 0.3 is 12.1 Å². The van der Waals surface area contributed by atoms with Crippen molar-refractivity contribution in [3.8, 4) is 22.6 Å². The molecule has 2 aliphatic heterocycles. The van der Waals surface area contributed by atoms with Gasteiger partial charge in [-0.05, 0) is 12.1 Å². The summed E-state index contributed by atoms with van der Waals surface area (Å²) >= 11 is 5.95. The summed E-state index contributed by atoms with van der Waals surface area (Å²) in [7, 11) is 0. The zero-order valence-electron chi connectivity index (χ0n) is 13.5. The number of nitrogens with zero attached hydrogens (tertiary/aromatic N) is 1. The van der Waals surface area contributed by atoms with Gasteiger partial charge in [0.2, 0.25) is 0 Å². The van der Waals surface area contributed by atoms with E-state index in [4.69, 9.17) is 21.4 Å². The van der Waals surface area contributed by atoms with Crippen LogP contribution < -0.4 is 4.74 Å². The number of ether oxygens (including phenoxy) is 1. The minimum absolute atomic E-state index is 0.00287. The molecule has 1 N–H and O–H groups in total. The summed E-state index contributed by atoms with van der Waals surface area (Å²) < 4.78 is 48.6. The zero-order valence-corrected chi connectivity index (χ0v) is 14.2. The topological polar surface area (TPSA) is 72.6 Å². The predicted octanol–water partition coefficient (Wildman–Crippen LogP) is 5.43. The van der Waals surface area contributed by atoms with Crippen LogP contribution in [0.3, 0.4) is 0 Å². The lowest BCUT2D eigenvalue weighted by atomic mass is 9.95. The van der Waals surface area contributed by atoms with Crippen LogP contribution in [-0.2, 0) is 17.4 Å². The predicted molar refractivity (Wildman–Crippen MR) is 89.8 cm³/mol. The van der Waals surface area contributed by atoms with Crippen LogP contribution in [-0.4, -0.2) is 16.1 Å². The Hall–Kier alpha value is -3.00. The summed E-state index contributed by atoms with van der Waals surface area (Å²) in [5.41, 5.74) is 0.0627. The van der Waals surface area contributed by atoms with Crippen LogP contribution in [0.25, 0.3) is 11.1 Å². The summed E-state index contributed by atoms with van der Waals surface area (Å²) in [6.45, 7) is 0. The third-order valence-corrected chi connectivity index (χ3v) is 3.90. The molecule has 0 fully saturated rings. The van der Waals surface area contributed by atoms with Crippen molar-refractivity contribution in [2.75, 3.05) is 0 Å². The number of carboxylic acid groups (broad SMARTS) is 1. The van der Waals surface area contributed by atoms with E-state index in [-0.39, 0.29) is 28.5 Å². The Morgan fingerprint density at radius 3 is 2.48 bits per heavy atom. The Morgan fingerprint density at radius 2 is 1.93 bits per heavy atom. The number of hydrogen-bond acceptors (Lipinski definition) is 4. The Bertz CT molecular complexity index is 971. The van der Waals surface area contributed by atoms with Gasteiger partial charge in [-0.15, -0.1) is 0 Å². The van der Waals surface area contributed by atoms with Gasteiger partial charge in [0, 0.05) is 22.2 Å². The number of alkyl halides is 3. The molecule has 0 amide bonds. The minimum atomic E-state index is -4.43. The Morgan fingerprint density at radius 1 is 1.22 bits per heavy atom. The third kappa shape index (κ3) is 4.22. The van der Waals surface area contributed by atoms with E-state index in [1.165, 1.54) is 12.7 Å². The third-order valence-electron chi connectivity index (χ3n) is 3.57. The van der Waals surface area contributed by atoms with E-state index in [1.807, 2.05) is 0 Å². The Labute approximate surface area is 156 Å². The molecule has 140 valence electrons. The van der Waals surface area contributed by atoms with Crippen molar-refractivity contribution in [3.63, 3.8) is 0 Å². The molecule has 27 heavy (non-hydrogen) atoms. The summed E-state index contributed by atoms with van der Waals surface area (Å²) in [5.74, 6) is -0.454. The van der Waals surface area contributed by atoms with Crippen molar-refractivity contribution in [1.29, 1.82) is 0 Å². The molecule has 0 aliphatic carbocycles. The maximum Gasteiger partial charge on any atom is 0.417 e. The first-order valence-corrected chi connectivity index (χ1v) is 7.90. The summed E-state index contributed by atoms with van der Waals surface area (Å²) in [6, 6.07) is 8.96. The van der Waals surface area contributed by atoms with Crippen LogP contribution in [0.1, 0.15) is 11.3 Å². The van der Waals surface area contributed by atoms with E-state index in [2.05, 4.69) is 9.40 Å². The van der Waals surface area contributed by atoms with Gasteiger partial charge in [-0.2, -0.15) is 13.2 Å². The van der Waals surface area contributed by atoms with E-state index in [9.17, 15) is 18.0 Å². The largest absolute Gasteiger partial charge is 0.481 e. The molecule has 2 aromatic carbocycles. The van der Waals surface area contributed by atoms with Gasteiger partial charge in [-0.25, -0.2) is 4.98 Å². The number of carboxylic acids is 1. The fraction of sp³-hybridized carbons (Fsp3) is 0.111. The van der Waals surface area contributed by atoms with Crippen LogP contribution in [0, 0.1) is 0 Å². The molecule has 5 nitrogen and oxygen atoms in total. The van der Waals surface area contributed by atoms with Gasteiger partial charge in [-0.1, -0.05) is 29.8 Å². The van der Waals surface area contributed by atoms with Crippen LogP contribution in [0.5, 0.6) is 11.5 Å². The number of aliphatic carboxylic acids is 1. The fourth-order valence-corrected chi connectivity index (χ4v) is 2.67. The minimum Gasteiger partial charge on any atom is -0.481 e. The van der Waals surface area contributed by atoms with Crippen LogP contribution in [0.4, 0.5) is 13.2 Å². The molecule has 0 radical (unpaired) electrons. The van der Waals surface area contributed by atoms with Crippen molar-refractivity contribution in [2.45, 2.75) is 12.6 Å². The highest BCUT2D eigenvalue weighted by Gasteiger charge is 2.39. The number of hydrogen-bond donors (Lipinski definition) is 1. The van der Waals surface area contributed by atoms with Crippen LogP contribution in [0.15, 0.2) is 53.5 Å². The second-order valence-electron chi connectivity index (χ2n) is 5.47. The second-order valence-corrected chi connectivity index (χ2v) is 5.88. The summed E-state index contributed by atoms with van der Waals surface area (Å²) in [6.07, 6.45) is -1.98. The van der Waals surface area contributed by atoms with Gasteiger partial charge in [0.05, 0.1) is 17.7 Å². The molecule has 2 bridgehead atoms. The van der Waals surface area contributed by atoms with Crippen molar-refractivity contribution in [3.05, 3.63) is 65.3 Å². The molecular weight excluding hydrogens is 387 g/mol. The van der Waals surface area contributed by atoms with Gasteiger partial charge < -0.3 is 14.3 Å². The second kappa shape index (κ2) is 7.32. The molecule has 3 aromatic rings. The SMILES string of the molecule is FC(F)(F)c1cc2cc(c1-c1ccccc1Cl)O2.O=C(O)Cc1cocn1. The molecule has 0 saturated carbocycles. The van der Waals surface area contributed by atoms with Gasteiger partial charge in [0.25, 0.3) is 0 Å². The average Bonchev–Trinajstić information content (AvgIpc) is 3.06. The highest BCUT2D eigenvalue weighted by molar-refractivity contribution is 6.33. The highest BCUT2D eigenvalue weighted by Crippen LogP contribution is 2.52. The number of fused-ring (bicyclic) bond motifs is 2. The van der Waals surface area contributed by atoms with E-state index in [1.54, 1.807) is 30.3 Å². The summed E-state index contributed by atoms with van der Waals surface area (Å²) in [5, 5.41) is 8.47. The average molecular weight is 398 g/mol. The van der Waals surface area contributed by atoms with Crippen LogP contribution in [0.2, 0.25) is 5.02 Å². The fourth-order valence-electron chi connectivity index (χ4n) is 2.44. The van der Waals surface area contributed by atoms with Crippen molar-refractivity contribution < 1.29 is 32.2 Å². The number of carbonyl (C=O) groups is 1. The number of aromatic nitrogens is 1. The van der Waals surface area contributed by atoms with E-state index >= 15 is 0 Å². The highest BCUT2D eigenvalue weighted by atomic mass is 35.5. The molecule has 5 rings (SSSR count). The molecule has 3 heterocycles. The lowest BCUT2D eigenvalue weighted by Gasteiger charge is -2.25. The van der Waals surface area contributed by atoms with E-state index in [0.29, 0.717) is 11.3 Å². The quantitative estimate of drug-likeness (QED) is 0.499. The Balaban J connectivity index is 0.000000197. The van der Waals surface area contributed by atoms with Crippen molar-refractivity contribution in [1.82, 2.24) is 4.98 Å². The molecular formula is C18H11ClF3NO4. The van der Waals surface area contributed by atoms with Gasteiger partial charge in [0.15, 0.2) is 6.39 Å². The number of halogens is 4. The number of rotatable bonds is 3. The molecule has 1 aromatic heterocycles. The number of benzene rings is 2. The maximum absolute atomic E-state index is 13.0. The number of oxazole rings is 1. The molecule has 2 aliphatic rings. The molecule has 0 spiro atoms. The first-order chi connectivity index (χ1) is 12.8. The molecule has 9 heteroatoms. The lowest BCUT2D eigenvalue weighted by Crippen LogP contribution is -2.12. The molecule has 0 unspecified atom stereocenters. The molecule has 0 atom stereocenters.